The molecule has 1 saturated heterocycles. The van der Waals surface area contributed by atoms with Crippen LogP contribution in [-0.4, -0.2) is 43.2 Å². The molecule has 5 heteroatoms. The van der Waals surface area contributed by atoms with Crippen LogP contribution in [0.5, 0.6) is 0 Å². The van der Waals surface area contributed by atoms with Crippen molar-refractivity contribution in [2.45, 2.75) is 12.5 Å². The summed E-state index contributed by atoms with van der Waals surface area (Å²) in [6, 6.07) is 18.4. The Morgan fingerprint density at radius 3 is 2.85 bits per heavy atom. The Hall–Kier alpha value is -2.79. The minimum atomic E-state index is 0.0101. The summed E-state index contributed by atoms with van der Waals surface area (Å²) in [5, 5.41) is 4.13. The number of carbonyl (C=O) groups excluding carboxylic acids is 1. The van der Waals surface area contributed by atoms with Gasteiger partial charge in [-0.05, 0) is 23.8 Å². The molecule has 2 N–H and O–H groups in total. The molecule has 1 fully saturated rings. The van der Waals surface area contributed by atoms with E-state index in [0.717, 1.165) is 29.6 Å². The van der Waals surface area contributed by atoms with Crippen molar-refractivity contribution in [1.82, 2.24) is 10.3 Å². The second-order valence-corrected chi connectivity index (χ2v) is 6.61. The fourth-order valence-corrected chi connectivity index (χ4v) is 3.46. The number of morpholine rings is 1. The van der Waals surface area contributed by atoms with Gasteiger partial charge in [-0.3, -0.25) is 4.79 Å². The van der Waals surface area contributed by atoms with Crippen LogP contribution in [-0.2, 0) is 16.0 Å². The first-order valence-electron chi connectivity index (χ1n) is 9.03. The second-order valence-electron chi connectivity index (χ2n) is 6.61. The molecule has 0 saturated carbocycles. The number of anilines is 1. The Bertz CT molecular complexity index is 875. The van der Waals surface area contributed by atoms with Crippen LogP contribution in [0.15, 0.2) is 60.8 Å². The highest BCUT2D eigenvalue weighted by Crippen LogP contribution is 2.19. The maximum atomic E-state index is 12.4. The molecule has 134 valence electrons. The average Bonchev–Trinajstić information content (AvgIpc) is 3.10. The number of hydrogen-bond acceptors (Lipinski definition) is 3. The molecular formula is C21H23N3O2. The third kappa shape index (κ3) is 3.73. The summed E-state index contributed by atoms with van der Waals surface area (Å²) in [6.45, 7) is 2.88. The van der Waals surface area contributed by atoms with E-state index in [1.807, 2.05) is 48.7 Å². The highest BCUT2D eigenvalue weighted by Gasteiger charge is 2.21. The summed E-state index contributed by atoms with van der Waals surface area (Å²) in [7, 11) is 0. The van der Waals surface area contributed by atoms with Crippen LogP contribution in [0.4, 0.5) is 5.69 Å². The summed E-state index contributed by atoms with van der Waals surface area (Å²) in [5.74, 6) is 0.0233. The molecule has 0 bridgehead atoms. The lowest BCUT2D eigenvalue weighted by Gasteiger charge is -2.34. The first kappa shape index (κ1) is 16.7. The lowest BCUT2D eigenvalue weighted by Crippen LogP contribution is -2.47. The zero-order valence-electron chi connectivity index (χ0n) is 14.7. The number of nitrogens with one attached hydrogen (secondary N) is 2. The number of fused-ring (bicyclic) bond motifs is 1. The standard InChI is InChI=1S/C21H23N3O2/c25-21(12-16-13-22-20-9-5-4-8-19(16)20)23-14-18-15-24(10-11-26-18)17-6-2-1-3-7-17/h1-9,13,18,22H,10-12,14-15H2,(H,23,25). The molecule has 1 aromatic heterocycles. The smallest absolute Gasteiger partial charge is 0.224 e. The van der Waals surface area contributed by atoms with Gasteiger partial charge in [-0.25, -0.2) is 0 Å². The predicted molar refractivity (Wildman–Crippen MR) is 103 cm³/mol. The second kappa shape index (κ2) is 7.62. The van der Waals surface area contributed by atoms with Gasteiger partial charge in [0.15, 0.2) is 0 Å². The van der Waals surface area contributed by atoms with Gasteiger partial charge in [-0.15, -0.1) is 0 Å². The first-order chi connectivity index (χ1) is 12.8. The highest BCUT2D eigenvalue weighted by atomic mass is 16.5. The van der Waals surface area contributed by atoms with Gasteiger partial charge in [0.2, 0.25) is 5.91 Å². The zero-order chi connectivity index (χ0) is 17.8. The number of aromatic amines is 1. The van der Waals surface area contributed by atoms with Gasteiger partial charge in [0, 0.05) is 42.4 Å². The molecule has 1 unspecified atom stereocenters. The number of hydrogen-bond donors (Lipinski definition) is 2. The number of ether oxygens (including phenoxy) is 1. The molecule has 5 nitrogen and oxygen atoms in total. The number of rotatable bonds is 5. The van der Waals surface area contributed by atoms with Crippen molar-refractivity contribution in [1.29, 1.82) is 0 Å². The third-order valence-electron chi connectivity index (χ3n) is 4.81. The molecule has 1 atom stereocenters. The lowest BCUT2D eigenvalue weighted by molar-refractivity contribution is -0.121. The van der Waals surface area contributed by atoms with Crippen LogP contribution in [0.25, 0.3) is 10.9 Å². The van der Waals surface area contributed by atoms with E-state index in [0.29, 0.717) is 19.6 Å². The van der Waals surface area contributed by atoms with Gasteiger partial charge in [-0.1, -0.05) is 36.4 Å². The van der Waals surface area contributed by atoms with Crippen molar-refractivity contribution >= 4 is 22.5 Å². The van der Waals surface area contributed by atoms with Gasteiger partial charge in [0.25, 0.3) is 0 Å². The number of carbonyl (C=O) groups is 1. The fraction of sp³-hybridized carbons (Fsp3) is 0.286. The van der Waals surface area contributed by atoms with Gasteiger partial charge in [0.05, 0.1) is 19.1 Å². The molecule has 0 aliphatic carbocycles. The Morgan fingerprint density at radius 2 is 1.96 bits per heavy atom. The number of H-pyrrole nitrogens is 1. The summed E-state index contributed by atoms with van der Waals surface area (Å²) in [6.07, 6.45) is 2.30. The largest absolute Gasteiger partial charge is 0.373 e. The van der Waals surface area contributed by atoms with Crippen molar-refractivity contribution < 1.29 is 9.53 Å². The Kier molecular flexibility index (Phi) is 4.88. The SMILES string of the molecule is O=C(Cc1c[nH]c2ccccc12)NCC1CN(c2ccccc2)CCO1. The summed E-state index contributed by atoms with van der Waals surface area (Å²) in [4.78, 5) is 17.9. The summed E-state index contributed by atoms with van der Waals surface area (Å²) >= 11 is 0. The number of benzene rings is 2. The van der Waals surface area contributed by atoms with E-state index in [-0.39, 0.29) is 12.0 Å². The average molecular weight is 349 g/mol. The monoisotopic (exact) mass is 349 g/mol. The van der Waals surface area contributed by atoms with Gasteiger partial charge >= 0.3 is 0 Å². The molecule has 4 rings (SSSR count). The van der Waals surface area contributed by atoms with E-state index in [9.17, 15) is 4.79 Å². The van der Waals surface area contributed by atoms with Crippen LogP contribution in [0.2, 0.25) is 0 Å². The van der Waals surface area contributed by atoms with Crippen molar-refractivity contribution in [2.75, 3.05) is 31.1 Å². The quantitative estimate of drug-likeness (QED) is 0.745. The van der Waals surface area contributed by atoms with Crippen LogP contribution in [0.1, 0.15) is 5.56 Å². The maximum Gasteiger partial charge on any atom is 0.224 e. The van der Waals surface area contributed by atoms with E-state index in [4.69, 9.17) is 4.74 Å². The number of aromatic nitrogens is 1. The van der Waals surface area contributed by atoms with Crippen molar-refractivity contribution in [2.24, 2.45) is 0 Å². The predicted octanol–water partition coefficient (Wildman–Crippen LogP) is 2.73. The van der Waals surface area contributed by atoms with E-state index in [1.165, 1.54) is 5.69 Å². The molecule has 0 spiro atoms. The molecule has 2 aromatic carbocycles. The Balaban J connectivity index is 1.31. The summed E-state index contributed by atoms with van der Waals surface area (Å²) in [5.41, 5.74) is 3.28. The minimum absolute atomic E-state index is 0.0101. The molecule has 3 aromatic rings. The van der Waals surface area contributed by atoms with E-state index in [2.05, 4.69) is 27.3 Å². The number of para-hydroxylation sites is 2. The van der Waals surface area contributed by atoms with Gasteiger partial charge < -0.3 is 19.9 Å². The zero-order valence-corrected chi connectivity index (χ0v) is 14.7. The van der Waals surface area contributed by atoms with E-state index < -0.39 is 0 Å². The molecule has 1 aliphatic rings. The molecule has 1 aliphatic heterocycles. The Labute approximate surface area is 153 Å². The molecule has 2 heterocycles. The fourth-order valence-electron chi connectivity index (χ4n) is 3.46. The Morgan fingerprint density at radius 1 is 1.15 bits per heavy atom. The minimum Gasteiger partial charge on any atom is -0.373 e. The first-order valence-corrected chi connectivity index (χ1v) is 9.03. The van der Waals surface area contributed by atoms with Crippen LogP contribution < -0.4 is 10.2 Å². The molecular weight excluding hydrogens is 326 g/mol. The van der Waals surface area contributed by atoms with Gasteiger partial charge in [0.1, 0.15) is 0 Å². The molecule has 1 amide bonds. The van der Waals surface area contributed by atoms with Gasteiger partial charge in [-0.2, -0.15) is 0 Å². The molecule has 0 radical (unpaired) electrons. The van der Waals surface area contributed by atoms with Crippen LogP contribution in [0, 0.1) is 0 Å². The third-order valence-corrected chi connectivity index (χ3v) is 4.81. The van der Waals surface area contributed by atoms with Crippen molar-refractivity contribution in [3.63, 3.8) is 0 Å². The van der Waals surface area contributed by atoms with E-state index >= 15 is 0 Å². The topological polar surface area (TPSA) is 57.4 Å². The van der Waals surface area contributed by atoms with Crippen molar-refractivity contribution in [3.05, 3.63) is 66.4 Å². The van der Waals surface area contributed by atoms with Crippen LogP contribution in [0.3, 0.4) is 0 Å². The normalized spacial score (nSPS) is 17.4. The summed E-state index contributed by atoms with van der Waals surface area (Å²) < 4.78 is 5.82. The van der Waals surface area contributed by atoms with Crippen molar-refractivity contribution in [3.8, 4) is 0 Å². The lowest BCUT2D eigenvalue weighted by atomic mass is 10.1. The van der Waals surface area contributed by atoms with Crippen LogP contribution >= 0.6 is 0 Å². The molecule has 26 heavy (non-hydrogen) atoms. The van der Waals surface area contributed by atoms with E-state index in [1.54, 1.807) is 0 Å². The highest BCUT2D eigenvalue weighted by molar-refractivity contribution is 5.88. The number of amides is 1. The maximum absolute atomic E-state index is 12.4. The number of nitrogens with zero attached hydrogens (tertiary/aromatic N) is 1.